The molecule has 0 radical (unpaired) electrons. The van der Waals surface area contributed by atoms with Crippen LogP contribution in [0.2, 0.25) is 0 Å². The molecule has 0 spiro atoms. The van der Waals surface area contributed by atoms with Gasteiger partial charge >= 0.3 is 0 Å². The van der Waals surface area contributed by atoms with E-state index in [1.165, 1.54) is 57.8 Å². The van der Waals surface area contributed by atoms with Gasteiger partial charge in [0.05, 0.1) is 0 Å². The van der Waals surface area contributed by atoms with E-state index < -0.39 is 0 Å². The van der Waals surface area contributed by atoms with Crippen molar-refractivity contribution in [1.29, 1.82) is 0 Å². The maximum absolute atomic E-state index is 11.3. The maximum Gasteiger partial charge on any atom is 0.220 e. The van der Waals surface area contributed by atoms with E-state index in [1.54, 1.807) is 0 Å². The Bertz CT molecular complexity index is 315. The summed E-state index contributed by atoms with van der Waals surface area (Å²) >= 11 is 0. The molecule has 3 unspecified atom stereocenters. The van der Waals surface area contributed by atoms with Crippen molar-refractivity contribution in [2.24, 2.45) is 11.8 Å². The van der Waals surface area contributed by atoms with Crippen LogP contribution >= 0.6 is 0 Å². The standard InChI is InChI=1S/C17H30N2O/c20-17-11-10-14(12-18-17)19-16-9-5-4-8-15(16)13-6-2-1-3-7-13/h13-16,19H,1-12H2,(H,18,20). The molecule has 3 fully saturated rings. The van der Waals surface area contributed by atoms with Crippen molar-refractivity contribution in [2.45, 2.75) is 82.7 Å². The summed E-state index contributed by atoms with van der Waals surface area (Å²) in [5.74, 6) is 2.11. The number of hydrogen-bond acceptors (Lipinski definition) is 2. The van der Waals surface area contributed by atoms with Gasteiger partial charge in [-0.15, -0.1) is 0 Å². The fourth-order valence-electron chi connectivity index (χ4n) is 4.67. The van der Waals surface area contributed by atoms with Gasteiger partial charge in [-0.1, -0.05) is 44.9 Å². The third-order valence-electron chi connectivity index (χ3n) is 5.79. The Kier molecular flexibility index (Phi) is 4.98. The predicted molar refractivity (Wildman–Crippen MR) is 81.5 cm³/mol. The monoisotopic (exact) mass is 278 g/mol. The minimum atomic E-state index is 0.232. The second-order valence-corrected chi connectivity index (χ2v) is 7.16. The van der Waals surface area contributed by atoms with Gasteiger partial charge < -0.3 is 10.6 Å². The summed E-state index contributed by atoms with van der Waals surface area (Å²) in [5, 5.41) is 6.93. The first kappa shape index (κ1) is 14.4. The van der Waals surface area contributed by atoms with Gasteiger partial charge in [-0.05, 0) is 31.1 Å². The summed E-state index contributed by atoms with van der Waals surface area (Å²) in [7, 11) is 0. The van der Waals surface area contributed by atoms with E-state index in [4.69, 9.17) is 0 Å². The Morgan fingerprint density at radius 3 is 2.40 bits per heavy atom. The van der Waals surface area contributed by atoms with Crippen molar-refractivity contribution >= 4 is 5.91 Å². The Balaban J connectivity index is 1.55. The Hall–Kier alpha value is -0.570. The van der Waals surface area contributed by atoms with Crippen LogP contribution in [0.15, 0.2) is 0 Å². The summed E-state index contributed by atoms with van der Waals surface area (Å²) in [5.41, 5.74) is 0. The van der Waals surface area contributed by atoms with Crippen LogP contribution in [-0.2, 0) is 4.79 Å². The molecular weight excluding hydrogens is 248 g/mol. The van der Waals surface area contributed by atoms with Gasteiger partial charge in [-0.2, -0.15) is 0 Å². The third-order valence-corrected chi connectivity index (χ3v) is 5.79. The van der Waals surface area contributed by atoms with Crippen LogP contribution in [0.5, 0.6) is 0 Å². The molecule has 3 rings (SSSR count). The lowest BCUT2D eigenvalue weighted by molar-refractivity contribution is -0.122. The average molecular weight is 278 g/mol. The van der Waals surface area contributed by atoms with E-state index in [2.05, 4.69) is 10.6 Å². The fraction of sp³-hybridized carbons (Fsp3) is 0.941. The normalized spacial score (nSPS) is 36.6. The lowest BCUT2D eigenvalue weighted by Gasteiger charge is -2.41. The van der Waals surface area contributed by atoms with E-state index >= 15 is 0 Å². The van der Waals surface area contributed by atoms with Gasteiger partial charge in [0.1, 0.15) is 0 Å². The van der Waals surface area contributed by atoms with E-state index in [0.29, 0.717) is 18.5 Å². The topological polar surface area (TPSA) is 41.1 Å². The SMILES string of the molecule is O=C1CCC(NC2CCCCC2C2CCCCC2)CN1. The lowest BCUT2D eigenvalue weighted by Crippen LogP contribution is -2.53. The lowest BCUT2D eigenvalue weighted by atomic mass is 9.70. The summed E-state index contributed by atoms with van der Waals surface area (Å²) in [6.45, 7) is 0.840. The second-order valence-electron chi connectivity index (χ2n) is 7.16. The van der Waals surface area contributed by atoms with Crippen molar-refractivity contribution in [3.05, 3.63) is 0 Å². The largest absolute Gasteiger partial charge is 0.355 e. The molecule has 3 heteroatoms. The van der Waals surface area contributed by atoms with Crippen molar-refractivity contribution < 1.29 is 4.79 Å². The Morgan fingerprint density at radius 2 is 1.65 bits per heavy atom. The van der Waals surface area contributed by atoms with Crippen LogP contribution in [0.3, 0.4) is 0 Å². The molecule has 2 N–H and O–H groups in total. The zero-order valence-corrected chi connectivity index (χ0v) is 12.7. The summed E-state index contributed by atoms with van der Waals surface area (Å²) < 4.78 is 0. The Morgan fingerprint density at radius 1 is 0.900 bits per heavy atom. The summed E-state index contributed by atoms with van der Waals surface area (Å²) in [4.78, 5) is 11.3. The molecule has 1 saturated heterocycles. The van der Waals surface area contributed by atoms with Gasteiger partial charge in [0.15, 0.2) is 0 Å². The number of piperidine rings is 1. The van der Waals surface area contributed by atoms with Crippen molar-refractivity contribution in [2.75, 3.05) is 6.54 Å². The highest BCUT2D eigenvalue weighted by Crippen LogP contribution is 2.38. The molecule has 1 aliphatic heterocycles. The number of hydrogen-bond donors (Lipinski definition) is 2. The van der Waals surface area contributed by atoms with Gasteiger partial charge in [0, 0.05) is 25.0 Å². The number of carbonyl (C=O) groups is 1. The van der Waals surface area contributed by atoms with Gasteiger partial charge in [-0.25, -0.2) is 0 Å². The molecule has 2 saturated carbocycles. The van der Waals surface area contributed by atoms with Gasteiger partial charge in [0.2, 0.25) is 5.91 Å². The van der Waals surface area contributed by atoms with Crippen LogP contribution in [0.4, 0.5) is 0 Å². The number of rotatable bonds is 3. The van der Waals surface area contributed by atoms with Gasteiger partial charge in [-0.3, -0.25) is 4.79 Å². The first-order valence-electron chi connectivity index (χ1n) is 8.85. The first-order valence-corrected chi connectivity index (χ1v) is 8.85. The van der Waals surface area contributed by atoms with Crippen LogP contribution in [-0.4, -0.2) is 24.5 Å². The van der Waals surface area contributed by atoms with E-state index in [9.17, 15) is 4.79 Å². The van der Waals surface area contributed by atoms with Crippen molar-refractivity contribution in [3.8, 4) is 0 Å². The van der Waals surface area contributed by atoms with E-state index in [-0.39, 0.29) is 5.91 Å². The van der Waals surface area contributed by atoms with Gasteiger partial charge in [0.25, 0.3) is 0 Å². The molecule has 0 aromatic heterocycles. The molecule has 3 atom stereocenters. The molecule has 2 aliphatic carbocycles. The highest BCUT2D eigenvalue weighted by atomic mass is 16.1. The average Bonchev–Trinajstić information content (AvgIpc) is 2.51. The van der Waals surface area contributed by atoms with Crippen LogP contribution < -0.4 is 10.6 Å². The first-order chi connectivity index (χ1) is 9.83. The molecule has 0 aromatic rings. The zero-order chi connectivity index (χ0) is 13.8. The zero-order valence-electron chi connectivity index (χ0n) is 12.7. The van der Waals surface area contributed by atoms with Crippen molar-refractivity contribution in [3.63, 3.8) is 0 Å². The molecule has 20 heavy (non-hydrogen) atoms. The molecule has 1 amide bonds. The molecular formula is C17H30N2O. The number of amides is 1. The summed E-state index contributed by atoms with van der Waals surface area (Å²) in [6.07, 6.45) is 14.6. The number of nitrogens with one attached hydrogen (secondary N) is 2. The highest BCUT2D eigenvalue weighted by molar-refractivity contribution is 5.76. The van der Waals surface area contributed by atoms with E-state index in [1.807, 2.05) is 0 Å². The fourth-order valence-corrected chi connectivity index (χ4v) is 4.67. The minimum Gasteiger partial charge on any atom is -0.355 e. The molecule has 114 valence electrons. The molecule has 0 aromatic carbocycles. The van der Waals surface area contributed by atoms with Crippen LogP contribution in [0, 0.1) is 11.8 Å². The van der Waals surface area contributed by atoms with Crippen LogP contribution in [0.25, 0.3) is 0 Å². The van der Waals surface area contributed by atoms with E-state index in [0.717, 1.165) is 24.8 Å². The second kappa shape index (κ2) is 6.93. The minimum absolute atomic E-state index is 0.232. The third kappa shape index (κ3) is 3.55. The Labute approximate surface area is 123 Å². The smallest absolute Gasteiger partial charge is 0.220 e. The summed E-state index contributed by atoms with van der Waals surface area (Å²) in [6, 6.07) is 1.23. The highest BCUT2D eigenvalue weighted by Gasteiger charge is 2.33. The molecule has 1 heterocycles. The molecule has 3 nitrogen and oxygen atoms in total. The van der Waals surface area contributed by atoms with Crippen LogP contribution in [0.1, 0.15) is 70.6 Å². The molecule has 3 aliphatic rings. The maximum atomic E-state index is 11.3. The number of carbonyl (C=O) groups excluding carboxylic acids is 1. The quantitative estimate of drug-likeness (QED) is 0.833. The van der Waals surface area contributed by atoms with Crippen molar-refractivity contribution in [1.82, 2.24) is 10.6 Å². The predicted octanol–water partition coefficient (Wildman–Crippen LogP) is 2.99. The molecule has 0 bridgehead atoms.